The summed E-state index contributed by atoms with van der Waals surface area (Å²) in [5.74, 6) is -0.552. The molecule has 2 rings (SSSR count). The van der Waals surface area contributed by atoms with Crippen LogP contribution in [0.15, 0.2) is 24.3 Å². The molecule has 0 aliphatic carbocycles. The van der Waals surface area contributed by atoms with E-state index >= 15 is 0 Å². The lowest BCUT2D eigenvalue weighted by atomic mass is 10.2. The number of nitrogens with one attached hydrogen (secondary N) is 2. The number of carbonyl (C=O) groups excluding carboxylic acids is 3. The predicted molar refractivity (Wildman–Crippen MR) is 89.2 cm³/mol. The molecular weight excluding hydrogens is 316 g/mol. The number of esters is 1. The number of anilines is 1. The molecule has 1 aliphatic rings. The monoisotopic (exact) mass is 336 g/mol. The van der Waals surface area contributed by atoms with Crippen LogP contribution in [0.5, 0.6) is 0 Å². The van der Waals surface area contributed by atoms with Crippen molar-refractivity contribution in [1.29, 1.82) is 0 Å². The maximum atomic E-state index is 12.1. The third-order valence-corrected chi connectivity index (χ3v) is 4.74. The maximum Gasteiger partial charge on any atom is 0.329 e. The number of hydrogen-bond donors (Lipinski definition) is 2. The molecule has 1 aromatic carbocycles. The van der Waals surface area contributed by atoms with Gasteiger partial charge in [0.25, 0.3) is 0 Å². The zero-order valence-electron chi connectivity index (χ0n) is 13.1. The van der Waals surface area contributed by atoms with E-state index in [4.69, 9.17) is 4.74 Å². The first kappa shape index (κ1) is 17.3. The van der Waals surface area contributed by atoms with Crippen LogP contribution in [-0.2, 0) is 19.1 Å². The number of carbonyl (C=O) groups is 3. The standard InChI is InChI=1S/C16H20N2O4S/c1-3-22-16(21)12-9-23-13(15(20)18-12)8-14(19)17-11-7-5-4-6-10(11)2/h4-7,12-13H,3,8-9H2,1-2H3,(H,17,19)(H,18,20). The lowest BCUT2D eigenvalue weighted by Crippen LogP contribution is -2.51. The van der Waals surface area contributed by atoms with Gasteiger partial charge in [-0.1, -0.05) is 18.2 Å². The molecule has 7 heteroatoms. The largest absolute Gasteiger partial charge is 0.464 e. The third kappa shape index (κ3) is 4.72. The topological polar surface area (TPSA) is 84.5 Å². The van der Waals surface area contributed by atoms with Gasteiger partial charge in [0, 0.05) is 17.9 Å². The second-order valence-electron chi connectivity index (χ2n) is 5.20. The summed E-state index contributed by atoms with van der Waals surface area (Å²) in [4.78, 5) is 35.8. The van der Waals surface area contributed by atoms with E-state index in [1.54, 1.807) is 6.92 Å². The number of thioether (sulfide) groups is 1. The Morgan fingerprint density at radius 1 is 1.39 bits per heavy atom. The van der Waals surface area contributed by atoms with E-state index < -0.39 is 17.3 Å². The summed E-state index contributed by atoms with van der Waals surface area (Å²) in [5.41, 5.74) is 1.70. The van der Waals surface area contributed by atoms with Gasteiger partial charge in [0.05, 0.1) is 11.9 Å². The molecule has 1 aliphatic heterocycles. The van der Waals surface area contributed by atoms with Crippen molar-refractivity contribution in [3.63, 3.8) is 0 Å². The molecule has 0 radical (unpaired) electrons. The van der Waals surface area contributed by atoms with Crippen molar-refractivity contribution in [3.05, 3.63) is 29.8 Å². The number of rotatable bonds is 5. The Bertz CT molecular complexity index is 605. The molecule has 0 aromatic heterocycles. The fraction of sp³-hybridized carbons (Fsp3) is 0.438. The summed E-state index contributed by atoms with van der Waals surface area (Å²) in [6, 6.07) is 6.82. The average molecular weight is 336 g/mol. The van der Waals surface area contributed by atoms with Crippen molar-refractivity contribution >= 4 is 35.2 Å². The van der Waals surface area contributed by atoms with E-state index in [0.29, 0.717) is 5.75 Å². The number of aryl methyl sites for hydroxylation is 1. The second kappa shape index (κ2) is 8.01. The molecule has 2 amide bonds. The molecule has 1 aromatic rings. The van der Waals surface area contributed by atoms with E-state index in [0.717, 1.165) is 11.3 Å². The molecule has 1 heterocycles. The van der Waals surface area contributed by atoms with Gasteiger partial charge in [0.15, 0.2) is 0 Å². The van der Waals surface area contributed by atoms with Gasteiger partial charge in [-0.3, -0.25) is 9.59 Å². The van der Waals surface area contributed by atoms with E-state index in [1.807, 2.05) is 31.2 Å². The van der Waals surface area contributed by atoms with Crippen LogP contribution in [0, 0.1) is 6.92 Å². The summed E-state index contributed by atoms with van der Waals surface area (Å²) >= 11 is 1.30. The van der Waals surface area contributed by atoms with Gasteiger partial charge in [-0.15, -0.1) is 11.8 Å². The van der Waals surface area contributed by atoms with Gasteiger partial charge < -0.3 is 15.4 Å². The van der Waals surface area contributed by atoms with Crippen molar-refractivity contribution in [2.45, 2.75) is 31.6 Å². The van der Waals surface area contributed by atoms with Crippen LogP contribution in [0.25, 0.3) is 0 Å². The Hall–Kier alpha value is -2.02. The van der Waals surface area contributed by atoms with E-state index in [-0.39, 0.29) is 24.8 Å². The van der Waals surface area contributed by atoms with Gasteiger partial charge in [-0.05, 0) is 25.5 Å². The number of ether oxygens (including phenoxy) is 1. The Labute approximate surface area is 139 Å². The van der Waals surface area contributed by atoms with Crippen LogP contribution in [-0.4, -0.2) is 41.4 Å². The van der Waals surface area contributed by atoms with Gasteiger partial charge in [-0.25, -0.2) is 4.79 Å². The zero-order valence-corrected chi connectivity index (χ0v) is 13.9. The minimum atomic E-state index is -0.636. The maximum absolute atomic E-state index is 12.1. The fourth-order valence-corrected chi connectivity index (χ4v) is 3.33. The van der Waals surface area contributed by atoms with Crippen LogP contribution >= 0.6 is 11.8 Å². The Kier molecular flexibility index (Phi) is 6.04. The minimum absolute atomic E-state index is 0.0698. The van der Waals surface area contributed by atoms with Crippen LogP contribution < -0.4 is 10.6 Å². The predicted octanol–water partition coefficient (Wildman–Crippen LogP) is 1.49. The summed E-state index contributed by atoms with van der Waals surface area (Å²) in [6.45, 7) is 3.90. The molecule has 2 N–H and O–H groups in total. The van der Waals surface area contributed by atoms with Crippen molar-refractivity contribution in [2.24, 2.45) is 0 Å². The SMILES string of the molecule is CCOC(=O)C1CSC(CC(=O)Nc2ccccc2C)C(=O)N1. The van der Waals surface area contributed by atoms with Gasteiger partial charge in [0.2, 0.25) is 11.8 Å². The highest BCUT2D eigenvalue weighted by atomic mass is 32.2. The van der Waals surface area contributed by atoms with Crippen LogP contribution in [0.3, 0.4) is 0 Å². The Morgan fingerprint density at radius 2 is 2.13 bits per heavy atom. The highest BCUT2D eigenvalue weighted by Crippen LogP contribution is 2.22. The van der Waals surface area contributed by atoms with E-state index in [1.165, 1.54) is 11.8 Å². The lowest BCUT2D eigenvalue weighted by Gasteiger charge is -2.27. The smallest absolute Gasteiger partial charge is 0.329 e. The highest BCUT2D eigenvalue weighted by molar-refractivity contribution is 8.00. The number of hydrogen-bond acceptors (Lipinski definition) is 5. The van der Waals surface area contributed by atoms with Crippen LogP contribution in [0.1, 0.15) is 18.9 Å². The molecular formula is C16H20N2O4S. The van der Waals surface area contributed by atoms with Gasteiger partial charge in [0.1, 0.15) is 6.04 Å². The Balaban J connectivity index is 1.87. The molecule has 0 spiro atoms. The Morgan fingerprint density at radius 3 is 2.78 bits per heavy atom. The summed E-state index contributed by atoms with van der Waals surface area (Å²) < 4.78 is 4.89. The fourth-order valence-electron chi connectivity index (χ4n) is 2.20. The first-order valence-corrected chi connectivity index (χ1v) is 8.50. The molecule has 2 unspecified atom stereocenters. The van der Waals surface area contributed by atoms with Gasteiger partial charge in [-0.2, -0.15) is 0 Å². The molecule has 6 nitrogen and oxygen atoms in total. The molecule has 0 bridgehead atoms. The molecule has 1 saturated heterocycles. The quantitative estimate of drug-likeness (QED) is 0.796. The third-order valence-electron chi connectivity index (χ3n) is 3.43. The first-order valence-electron chi connectivity index (χ1n) is 7.45. The molecule has 23 heavy (non-hydrogen) atoms. The highest BCUT2D eigenvalue weighted by Gasteiger charge is 2.34. The summed E-state index contributed by atoms with van der Waals surface area (Å²) in [6.07, 6.45) is 0.0698. The molecule has 1 fully saturated rings. The van der Waals surface area contributed by atoms with E-state index in [9.17, 15) is 14.4 Å². The molecule has 0 saturated carbocycles. The number of amides is 2. The molecule has 124 valence electrons. The van der Waals surface area contributed by atoms with Crippen molar-refractivity contribution in [1.82, 2.24) is 5.32 Å². The minimum Gasteiger partial charge on any atom is -0.464 e. The van der Waals surface area contributed by atoms with Crippen molar-refractivity contribution in [3.8, 4) is 0 Å². The number of benzene rings is 1. The number of para-hydroxylation sites is 1. The normalized spacial score (nSPS) is 20.5. The molecule has 2 atom stereocenters. The van der Waals surface area contributed by atoms with Crippen molar-refractivity contribution < 1.29 is 19.1 Å². The van der Waals surface area contributed by atoms with Crippen LogP contribution in [0.4, 0.5) is 5.69 Å². The van der Waals surface area contributed by atoms with Gasteiger partial charge >= 0.3 is 5.97 Å². The first-order chi connectivity index (χ1) is 11.0. The van der Waals surface area contributed by atoms with Crippen molar-refractivity contribution in [2.75, 3.05) is 17.7 Å². The zero-order chi connectivity index (χ0) is 16.8. The average Bonchev–Trinajstić information content (AvgIpc) is 2.52. The second-order valence-corrected chi connectivity index (χ2v) is 6.44. The van der Waals surface area contributed by atoms with Crippen LogP contribution in [0.2, 0.25) is 0 Å². The lowest BCUT2D eigenvalue weighted by molar-refractivity contribution is -0.146. The summed E-state index contributed by atoms with van der Waals surface area (Å²) in [7, 11) is 0. The van der Waals surface area contributed by atoms with E-state index in [2.05, 4.69) is 10.6 Å². The summed E-state index contributed by atoms with van der Waals surface area (Å²) in [5, 5.41) is 4.93.